The molecule has 3 nitrogen and oxygen atoms in total. The molecule has 0 spiro atoms. The summed E-state index contributed by atoms with van der Waals surface area (Å²) in [7, 11) is 0. The van der Waals surface area contributed by atoms with Gasteiger partial charge in [-0.25, -0.2) is 0 Å². The summed E-state index contributed by atoms with van der Waals surface area (Å²) in [5, 5.41) is 0.675. The van der Waals surface area contributed by atoms with Crippen LogP contribution in [0.2, 0.25) is 5.02 Å². The molecule has 17 heavy (non-hydrogen) atoms. The van der Waals surface area contributed by atoms with Crippen molar-refractivity contribution in [3.8, 4) is 0 Å². The molecular formula is C12H10ClNO2S. The second-order valence-corrected chi connectivity index (χ2v) is 4.93. The molecule has 0 amide bonds. The van der Waals surface area contributed by atoms with E-state index in [0.717, 1.165) is 15.5 Å². The zero-order chi connectivity index (χ0) is 12.3. The van der Waals surface area contributed by atoms with Crippen molar-refractivity contribution in [2.24, 2.45) is 4.99 Å². The summed E-state index contributed by atoms with van der Waals surface area (Å²) < 4.78 is 4.84. The Balaban J connectivity index is 2.09. The summed E-state index contributed by atoms with van der Waals surface area (Å²) in [4.78, 5) is 16.9. The first-order chi connectivity index (χ1) is 8.15. The Morgan fingerprint density at radius 1 is 1.59 bits per heavy atom. The molecule has 0 radical (unpaired) electrons. The van der Waals surface area contributed by atoms with E-state index in [1.54, 1.807) is 18.0 Å². The number of fused-ring (bicyclic) bond motifs is 1. The molecule has 0 atom stereocenters. The van der Waals surface area contributed by atoms with Crippen LogP contribution in [0.5, 0.6) is 0 Å². The van der Waals surface area contributed by atoms with Gasteiger partial charge in [-0.05, 0) is 24.3 Å². The predicted molar refractivity (Wildman–Crippen MR) is 70.2 cm³/mol. The molecule has 0 aliphatic carbocycles. The molecule has 1 heterocycles. The van der Waals surface area contributed by atoms with E-state index < -0.39 is 0 Å². The molecule has 0 bridgehead atoms. The van der Waals surface area contributed by atoms with Crippen molar-refractivity contribution in [2.75, 3.05) is 6.61 Å². The number of carbonyl (C=O) groups is 1. The molecule has 0 aromatic heterocycles. The molecule has 1 aliphatic heterocycles. The van der Waals surface area contributed by atoms with Crippen LogP contribution in [0.1, 0.15) is 6.92 Å². The Labute approximate surface area is 109 Å². The zero-order valence-electron chi connectivity index (χ0n) is 9.14. The number of halogens is 1. The van der Waals surface area contributed by atoms with Crippen molar-refractivity contribution in [3.63, 3.8) is 0 Å². The van der Waals surface area contributed by atoms with Gasteiger partial charge in [-0.3, -0.25) is 9.79 Å². The van der Waals surface area contributed by atoms with E-state index in [0.29, 0.717) is 5.02 Å². The van der Waals surface area contributed by atoms with Crippen molar-refractivity contribution in [1.29, 1.82) is 0 Å². The van der Waals surface area contributed by atoms with E-state index in [9.17, 15) is 4.79 Å². The molecule has 0 saturated carbocycles. The van der Waals surface area contributed by atoms with E-state index in [4.69, 9.17) is 16.3 Å². The molecular weight excluding hydrogens is 258 g/mol. The number of allylic oxidation sites excluding steroid dienone is 1. The Kier molecular flexibility index (Phi) is 3.86. The van der Waals surface area contributed by atoms with Crippen molar-refractivity contribution < 1.29 is 9.53 Å². The standard InChI is InChI=1S/C12H10ClNO2S/c1-8(15)16-5-4-10-7-14-11-6-9(13)2-3-12(11)17-10/h2-4,6-7H,5H2,1H3/b10-4+. The van der Waals surface area contributed by atoms with Gasteiger partial charge in [0, 0.05) is 28.0 Å². The van der Waals surface area contributed by atoms with Gasteiger partial charge in [-0.2, -0.15) is 0 Å². The van der Waals surface area contributed by atoms with Crippen LogP contribution < -0.4 is 0 Å². The van der Waals surface area contributed by atoms with Crippen LogP contribution in [0.15, 0.2) is 39.1 Å². The highest BCUT2D eigenvalue weighted by atomic mass is 35.5. The lowest BCUT2D eigenvalue weighted by molar-refractivity contribution is -0.139. The maximum absolute atomic E-state index is 10.6. The van der Waals surface area contributed by atoms with Gasteiger partial charge in [0.05, 0.1) is 5.69 Å². The molecule has 1 aliphatic rings. The summed E-state index contributed by atoms with van der Waals surface area (Å²) in [5.41, 5.74) is 0.868. The van der Waals surface area contributed by atoms with Gasteiger partial charge in [0.25, 0.3) is 0 Å². The molecule has 0 fully saturated rings. The number of carbonyl (C=O) groups excluding carboxylic acids is 1. The van der Waals surface area contributed by atoms with Crippen LogP contribution in [-0.2, 0) is 9.53 Å². The molecule has 0 N–H and O–H groups in total. The smallest absolute Gasteiger partial charge is 0.302 e. The van der Waals surface area contributed by atoms with E-state index in [1.807, 2.05) is 24.3 Å². The number of hydrogen-bond acceptors (Lipinski definition) is 4. The Morgan fingerprint density at radius 2 is 2.41 bits per heavy atom. The van der Waals surface area contributed by atoms with Crippen molar-refractivity contribution in [3.05, 3.63) is 34.2 Å². The summed E-state index contributed by atoms with van der Waals surface area (Å²) in [6.45, 7) is 1.66. The molecule has 88 valence electrons. The van der Waals surface area contributed by atoms with E-state index in [-0.39, 0.29) is 12.6 Å². The van der Waals surface area contributed by atoms with Crippen LogP contribution >= 0.6 is 23.4 Å². The van der Waals surface area contributed by atoms with Gasteiger partial charge in [-0.15, -0.1) is 0 Å². The Hall–Kier alpha value is -1.26. The van der Waals surface area contributed by atoms with Gasteiger partial charge in [0.1, 0.15) is 6.61 Å². The molecule has 5 heteroatoms. The summed E-state index contributed by atoms with van der Waals surface area (Å²) in [6, 6.07) is 5.58. The van der Waals surface area contributed by atoms with Crippen LogP contribution in [0.25, 0.3) is 0 Å². The molecule has 1 aromatic carbocycles. The molecule has 0 unspecified atom stereocenters. The summed E-state index contributed by atoms with van der Waals surface area (Å²) in [6.07, 6.45) is 3.57. The van der Waals surface area contributed by atoms with Crippen LogP contribution in [0.4, 0.5) is 5.69 Å². The third-order valence-corrected chi connectivity index (χ3v) is 3.36. The minimum absolute atomic E-state index is 0.270. The zero-order valence-corrected chi connectivity index (χ0v) is 10.7. The van der Waals surface area contributed by atoms with Crippen molar-refractivity contribution in [2.45, 2.75) is 11.8 Å². The predicted octanol–water partition coefficient (Wildman–Crippen LogP) is 3.60. The summed E-state index contributed by atoms with van der Waals surface area (Å²) >= 11 is 7.46. The largest absolute Gasteiger partial charge is 0.462 e. The highest BCUT2D eigenvalue weighted by molar-refractivity contribution is 8.04. The van der Waals surface area contributed by atoms with Gasteiger partial charge in [0.15, 0.2) is 0 Å². The monoisotopic (exact) mass is 267 g/mol. The molecule has 1 aromatic rings. The van der Waals surface area contributed by atoms with Crippen molar-refractivity contribution >= 4 is 41.2 Å². The number of esters is 1. The van der Waals surface area contributed by atoms with Gasteiger partial charge >= 0.3 is 5.97 Å². The van der Waals surface area contributed by atoms with Crippen LogP contribution in [0, 0.1) is 0 Å². The highest BCUT2D eigenvalue weighted by Crippen LogP contribution is 2.38. The van der Waals surface area contributed by atoms with E-state index in [2.05, 4.69) is 4.99 Å². The number of nitrogens with zero attached hydrogens (tertiary/aromatic N) is 1. The fourth-order valence-corrected chi connectivity index (χ4v) is 2.33. The first kappa shape index (κ1) is 12.2. The van der Waals surface area contributed by atoms with Crippen LogP contribution in [-0.4, -0.2) is 18.8 Å². The number of thioether (sulfide) groups is 1. The van der Waals surface area contributed by atoms with E-state index >= 15 is 0 Å². The number of benzene rings is 1. The Morgan fingerprint density at radius 3 is 3.18 bits per heavy atom. The maximum atomic E-state index is 10.6. The third-order valence-electron chi connectivity index (χ3n) is 2.05. The SMILES string of the molecule is CC(=O)OC/C=C1\C=Nc2cc(Cl)ccc2S1. The average Bonchev–Trinajstić information content (AvgIpc) is 2.29. The number of hydrogen-bond donors (Lipinski definition) is 0. The topological polar surface area (TPSA) is 38.7 Å². The van der Waals surface area contributed by atoms with E-state index in [1.165, 1.54) is 6.92 Å². The lowest BCUT2D eigenvalue weighted by atomic mass is 10.3. The molecule has 2 rings (SSSR count). The normalized spacial score (nSPS) is 15.8. The van der Waals surface area contributed by atoms with Gasteiger partial charge in [0.2, 0.25) is 0 Å². The van der Waals surface area contributed by atoms with Gasteiger partial charge < -0.3 is 4.74 Å². The highest BCUT2D eigenvalue weighted by Gasteiger charge is 2.10. The maximum Gasteiger partial charge on any atom is 0.302 e. The van der Waals surface area contributed by atoms with Gasteiger partial charge in [-0.1, -0.05) is 23.4 Å². The second kappa shape index (κ2) is 5.38. The minimum Gasteiger partial charge on any atom is -0.462 e. The fourth-order valence-electron chi connectivity index (χ4n) is 1.30. The number of rotatable bonds is 2. The molecule has 0 saturated heterocycles. The minimum atomic E-state index is -0.285. The summed E-state index contributed by atoms with van der Waals surface area (Å²) in [5.74, 6) is -0.285. The third kappa shape index (κ3) is 3.35. The second-order valence-electron chi connectivity index (χ2n) is 3.38. The Bertz CT molecular complexity index is 511. The average molecular weight is 268 g/mol. The lowest BCUT2D eigenvalue weighted by Gasteiger charge is -2.11. The lowest BCUT2D eigenvalue weighted by Crippen LogP contribution is -1.99. The number of ether oxygens (including phenoxy) is 1. The fraction of sp³-hybridized carbons (Fsp3) is 0.167. The first-order valence-electron chi connectivity index (χ1n) is 5.00. The number of aliphatic imine (C=N–C) groups is 1. The quantitative estimate of drug-likeness (QED) is 0.769. The van der Waals surface area contributed by atoms with Crippen LogP contribution in [0.3, 0.4) is 0 Å². The van der Waals surface area contributed by atoms with Crippen molar-refractivity contribution in [1.82, 2.24) is 0 Å². The first-order valence-corrected chi connectivity index (χ1v) is 6.19.